The zero-order valence-corrected chi connectivity index (χ0v) is 21.9. The van der Waals surface area contributed by atoms with Gasteiger partial charge in [-0.3, -0.25) is 19.7 Å². The number of fused-ring (bicyclic) bond motifs is 1. The molecule has 190 valence electrons. The summed E-state index contributed by atoms with van der Waals surface area (Å²) in [5, 5.41) is 5.19. The molecule has 9 heteroatoms. The van der Waals surface area contributed by atoms with Crippen molar-refractivity contribution in [1.29, 1.82) is 0 Å². The number of hydrogen-bond acceptors (Lipinski definition) is 9. The minimum absolute atomic E-state index is 0.0151. The molecule has 4 aromatic rings. The first kappa shape index (κ1) is 24.7. The second kappa shape index (κ2) is 9.82. The number of ketones is 1. The number of aromatic nitrogens is 5. The van der Waals surface area contributed by atoms with Crippen molar-refractivity contribution in [1.82, 2.24) is 29.8 Å². The zero-order valence-electron chi connectivity index (χ0n) is 21.9. The summed E-state index contributed by atoms with van der Waals surface area (Å²) in [6.07, 6.45) is 8.86. The van der Waals surface area contributed by atoms with Crippen molar-refractivity contribution in [2.45, 2.75) is 38.8 Å². The van der Waals surface area contributed by atoms with Crippen LogP contribution in [-0.4, -0.2) is 74.4 Å². The van der Waals surface area contributed by atoms with E-state index in [4.69, 9.17) is 0 Å². The molecule has 0 saturated carbocycles. The first-order valence-corrected chi connectivity index (χ1v) is 12.4. The monoisotopic (exact) mass is 496 g/mol. The van der Waals surface area contributed by atoms with Crippen LogP contribution >= 0.6 is 0 Å². The van der Waals surface area contributed by atoms with E-state index in [1.807, 2.05) is 18.2 Å². The number of rotatable bonds is 7. The Morgan fingerprint density at radius 3 is 2.54 bits per heavy atom. The van der Waals surface area contributed by atoms with Crippen LogP contribution in [0.4, 0.5) is 11.6 Å². The first-order chi connectivity index (χ1) is 17.6. The van der Waals surface area contributed by atoms with E-state index in [0.29, 0.717) is 34.5 Å². The highest BCUT2D eigenvalue weighted by Crippen LogP contribution is 2.24. The fourth-order valence-electron chi connectivity index (χ4n) is 4.25. The molecule has 1 N–H and O–H groups in total. The third-order valence-corrected chi connectivity index (χ3v) is 6.39. The minimum Gasteiger partial charge on any atom is -0.364 e. The third-order valence-electron chi connectivity index (χ3n) is 6.39. The standard InChI is InChI=1S/C28H32N8O/c1-28(2,3)34-26-15-29-14-24(33-26)23-9-19-8-21(31-12-20(19)13-32-23)11-25(37)18-6-7-30-27(10-18)36-16-22(17-36)35(4)5/h6-10,12-15,22H,11,16-17H2,1-5H3,(H,33,34). The molecular weight excluding hydrogens is 464 g/mol. The van der Waals surface area contributed by atoms with Gasteiger partial charge in [0.25, 0.3) is 0 Å². The Bertz CT molecular complexity index is 1440. The molecule has 0 unspecified atom stereocenters. The molecule has 0 amide bonds. The van der Waals surface area contributed by atoms with Gasteiger partial charge in [-0.2, -0.15) is 0 Å². The largest absolute Gasteiger partial charge is 0.364 e. The Balaban J connectivity index is 1.33. The van der Waals surface area contributed by atoms with Crippen LogP contribution in [0.25, 0.3) is 22.2 Å². The van der Waals surface area contributed by atoms with E-state index in [-0.39, 0.29) is 17.7 Å². The van der Waals surface area contributed by atoms with Crippen LogP contribution < -0.4 is 10.2 Å². The summed E-state index contributed by atoms with van der Waals surface area (Å²) >= 11 is 0. The molecule has 1 fully saturated rings. The number of hydrogen-bond donors (Lipinski definition) is 1. The summed E-state index contributed by atoms with van der Waals surface area (Å²) in [5.41, 5.74) is 2.62. The van der Waals surface area contributed by atoms with Gasteiger partial charge in [0, 0.05) is 59.9 Å². The van der Waals surface area contributed by atoms with Crippen LogP contribution in [0.15, 0.2) is 55.2 Å². The van der Waals surface area contributed by atoms with Gasteiger partial charge >= 0.3 is 0 Å². The van der Waals surface area contributed by atoms with Crippen molar-refractivity contribution in [3.05, 3.63) is 66.5 Å². The predicted molar refractivity (Wildman–Crippen MR) is 146 cm³/mol. The fourth-order valence-corrected chi connectivity index (χ4v) is 4.25. The topological polar surface area (TPSA) is 100 Å². The van der Waals surface area contributed by atoms with Crippen LogP contribution in [0.1, 0.15) is 36.8 Å². The Hall–Kier alpha value is -3.98. The fraction of sp³-hybridized carbons (Fsp3) is 0.357. The Labute approximate surface area is 217 Å². The van der Waals surface area contributed by atoms with Crippen molar-refractivity contribution < 1.29 is 4.79 Å². The number of carbonyl (C=O) groups excluding carboxylic acids is 1. The number of nitrogens with one attached hydrogen (secondary N) is 1. The highest BCUT2D eigenvalue weighted by atomic mass is 16.1. The average molecular weight is 497 g/mol. The summed E-state index contributed by atoms with van der Waals surface area (Å²) in [7, 11) is 4.17. The molecule has 1 aliphatic heterocycles. The lowest BCUT2D eigenvalue weighted by molar-refractivity contribution is 0.0992. The van der Waals surface area contributed by atoms with Gasteiger partial charge in [0.2, 0.25) is 0 Å². The molecule has 5 heterocycles. The maximum absolute atomic E-state index is 13.1. The van der Waals surface area contributed by atoms with E-state index in [2.05, 4.69) is 74.9 Å². The molecule has 1 saturated heterocycles. The second-order valence-corrected chi connectivity index (χ2v) is 10.8. The number of likely N-dealkylation sites (N-methyl/N-ethyl adjacent to an activating group) is 1. The van der Waals surface area contributed by atoms with E-state index in [0.717, 1.165) is 29.7 Å². The van der Waals surface area contributed by atoms with Crippen LogP contribution in [0, 0.1) is 0 Å². The molecule has 5 rings (SSSR count). The van der Waals surface area contributed by atoms with Crippen LogP contribution in [0.5, 0.6) is 0 Å². The van der Waals surface area contributed by atoms with Crippen molar-refractivity contribution in [2.75, 3.05) is 37.4 Å². The average Bonchev–Trinajstić information content (AvgIpc) is 2.82. The van der Waals surface area contributed by atoms with Gasteiger partial charge in [0.15, 0.2) is 5.78 Å². The summed E-state index contributed by atoms with van der Waals surface area (Å²) in [5.74, 6) is 1.55. The lowest BCUT2D eigenvalue weighted by atomic mass is 10.0. The minimum atomic E-state index is -0.128. The number of nitrogens with zero attached hydrogens (tertiary/aromatic N) is 7. The Kier molecular flexibility index (Phi) is 6.55. The summed E-state index contributed by atoms with van der Waals surface area (Å²) < 4.78 is 0. The summed E-state index contributed by atoms with van der Waals surface area (Å²) in [6, 6.07) is 8.09. The lowest BCUT2D eigenvalue weighted by Gasteiger charge is -2.43. The van der Waals surface area contributed by atoms with Crippen molar-refractivity contribution in [2.24, 2.45) is 0 Å². The van der Waals surface area contributed by atoms with Gasteiger partial charge < -0.3 is 15.1 Å². The van der Waals surface area contributed by atoms with Crippen molar-refractivity contribution in [3.63, 3.8) is 0 Å². The molecule has 0 radical (unpaired) electrons. The van der Waals surface area contributed by atoms with Crippen LogP contribution in [0.3, 0.4) is 0 Å². The SMILES string of the molecule is CN(C)C1CN(c2cc(C(=O)Cc3cc4cc(-c5cncc(NC(C)(C)C)n5)ncc4cn3)ccn2)C1. The molecule has 37 heavy (non-hydrogen) atoms. The number of Topliss-reactive ketones (excluding diaryl/α,β-unsaturated/α-hetero) is 1. The molecule has 0 atom stereocenters. The van der Waals surface area contributed by atoms with Crippen molar-refractivity contribution in [3.8, 4) is 11.4 Å². The number of anilines is 2. The maximum Gasteiger partial charge on any atom is 0.169 e. The molecule has 4 aromatic heterocycles. The highest BCUT2D eigenvalue weighted by Gasteiger charge is 2.29. The van der Waals surface area contributed by atoms with Crippen LogP contribution in [-0.2, 0) is 6.42 Å². The molecular formula is C28H32N8O. The first-order valence-electron chi connectivity index (χ1n) is 12.4. The Morgan fingerprint density at radius 1 is 1.00 bits per heavy atom. The van der Waals surface area contributed by atoms with E-state index in [9.17, 15) is 4.79 Å². The van der Waals surface area contributed by atoms with Gasteiger partial charge in [0.1, 0.15) is 17.3 Å². The van der Waals surface area contributed by atoms with E-state index >= 15 is 0 Å². The molecule has 0 aromatic carbocycles. The molecule has 1 aliphatic rings. The smallest absolute Gasteiger partial charge is 0.169 e. The zero-order chi connectivity index (χ0) is 26.2. The van der Waals surface area contributed by atoms with Gasteiger partial charge in [-0.15, -0.1) is 0 Å². The third kappa shape index (κ3) is 5.72. The van der Waals surface area contributed by atoms with Gasteiger partial charge in [-0.05, 0) is 64.5 Å². The molecule has 0 spiro atoms. The normalized spacial score (nSPS) is 14.2. The second-order valence-electron chi connectivity index (χ2n) is 10.8. The van der Waals surface area contributed by atoms with Crippen LogP contribution in [0.2, 0.25) is 0 Å². The lowest BCUT2D eigenvalue weighted by Crippen LogP contribution is -2.57. The molecule has 0 aliphatic carbocycles. The van der Waals surface area contributed by atoms with Crippen molar-refractivity contribution >= 4 is 28.2 Å². The van der Waals surface area contributed by atoms with Gasteiger partial charge in [-0.1, -0.05) is 0 Å². The predicted octanol–water partition coefficient (Wildman–Crippen LogP) is 3.87. The number of pyridine rings is 3. The summed E-state index contributed by atoms with van der Waals surface area (Å²) in [6.45, 7) is 8.05. The maximum atomic E-state index is 13.1. The van der Waals surface area contributed by atoms with E-state index < -0.39 is 0 Å². The number of carbonyl (C=O) groups is 1. The molecule has 9 nitrogen and oxygen atoms in total. The quantitative estimate of drug-likeness (QED) is 0.382. The van der Waals surface area contributed by atoms with Gasteiger partial charge in [0.05, 0.1) is 24.5 Å². The van der Waals surface area contributed by atoms with Gasteiger partial charge in [-0.25, -0.2) is 9.97 Å². The van der Waals surface area contributed by atoms with E-state index in [1.165, 1.54) is 0 Å². The molecule has 0 bridgehead atoms. The highest BCUT2D eigenvalue weighted by molar-refractivity contribution is 5.98. The summed E-state index contributed by atoms with van der Waals surface area (Å²) in [4.78, 5) is 40.1. The van der Waals surface area contributed by atoms with E-state index in [1.54, 1.807) is 37.1 Å². The Morgan fingerprint density at radius 2 is 1.78 bits per heavy atom.